The summed E-state index contributed by atoms with van der Waals surface area (Å²) in [5.41, 5.74) is 3.35. The fourth-order valence-corrected chi connectivity index (χ4v) is 5.61. The molecule has 0 bridgehead atoms. The number of rotatable bonds is 8. The zero-order valence-electron chi connectivity index (χ0n) is 21.9. The molecule has 2 heterocycles. The van der Waals surface area contributed by atoms with Crippen molar-refractivity contribution in [2.24, 2.45) is 0 Å². The summed E-state index contributed by atoms with van der Waals surface area (Å²) in [6, 6.07) is 23.0. The third kappa shape index (κ3) is 6.57. The Kier molecular flexibility index (Phi) is 7.99. The first-order valence-corrected chi connectivity index (χ1v) is 15.2. The minimum absolute atomic E-state index is 0.179. The largest absolute Gasteiger partial charge is 0.366 e. The first-order valence-electron chi connectivity index (χ1n) is 12.9. The SMILES string of the molecule is CS(=O)(=O)Nc1ccccc1N1CCN(C(=O)[C@@H](Cc2ccc(Cl)cc2)NC(=O)c2cc3ccccc3[nH]2)CC1. The summed E-state index contributed by atoms with van der Waals surface area (Å²) >= 11 is 6.05. The number of nitrogens with one attached hydrogen (secondary N) is 3. The van der Waals surface area contributed by atoms with E-state index in [-0.39, 0.29) is 11.8 Å². The van der Waals surface area contributed by atoms with Crippen LogP contribution in [0.15, 0.2) is 78.9 Å². The molecule has 4 aromatic rings. The predicted molar refractivity (Wildman–Crippen MR) is 158 cm³/mol. The van der Waals surface area contributed by atoms with Crippen LogP contribution in [-0.4, -0.2) is 68.6 Å². The molecule has 0 radical (unpaired) electrons. The second kappa shape index (κ2) is 11.6. The highest BCUT2D eigenvalue weighted by Gasteiger charge is 2.30. The van der Waals surface area contributed by atoms with E-state index in [4.69, 9.17) is 11.6 Å². The molecule has 1 saturated heterocycles. The molecule has 5 rings (SSSR count). The topological polar surface area (TPSA) is 115 Å². The lowest BCUT2D eigenvalue weighted by Gasteiger charge is -2.38. The number of aromatic nitrogens is 1. The third-order valence-electron chi connectivity index (χ3n) is 6.86. The number of amides is 2. The van der Waals surface area contributed by atoms with Gasteiger partial charge in [-0.05, 0) is 42.0 Å². The molecule has 0 aliphatic carbocycles. The van der Waals surface area contributed by atoms with Crippen molar-refractivity contribution in [3.05, 3.63) is 95.1 Å². The van der Waals surface area contributed by atoms with Gasteiger partial charge in [0.2, 0.25) is 15.9 Å². The number of carbonyl (C=O) groups excluding carboxylic acids is 2. The van der Waals surface area contributed by atoms with Gasteiger partial charge in [-0.2, -0.15) is 0 Å². The number of sulfonamides is 1. The van der Waals surface area contributed by atoms with Gasteiger partial charge in [-0.25, -0.2) is 8.42 Å². The number of nitrogens with zero attached hydrogens (tertiary/aromatic N) is 2. The lowest BCUT2D eigenvalue weighted by Crippen LogP contribution is -2.55. The molecule has 2 amide bonds. The van der Waals surface area contributed by atoms with Crippen molar-refractivity contribution < 1.29 is 18.0 Å². The lowest BCUT2D eigenvalue weighted by atomic mass is 10.0. The van der Waals surface area contributed by atoms with E-state index in [1.807, 2.05) is 48.5 Å². The second-order valence-corrected chi connectivity index (χ2v) is 12.0. The maximum Gasteiger partial charge on any atom is 0.268 e. The molecule has 1 atom stereocenters. The molecule has 40 heavy (non-hydrogen) atoms. The summed E-state index contributed by atoms with van der Waals surface area (Å²) < 4.78 is 26.2. The number of H-pyrrole nitrogens is 1. The minimum Gasteiger partial charge on any atom is -0.366 e. The zero-order chi connectivity index (χ0) is 28.3. The summed E-state index contributed by atoms with van der Waals surface area (Å²) in [4.78, 5) is 33.9. The van der Waals surface area contributed by atoms with Crippen LogP contribution in [0.3, 0.4) is 0 Å². The van der Waals surface area contributed by atoms with Gasteiger partial charge in [0.25, 0.3) is 5.91 Å². The van der Waals surface area contributed by atoms with Crippen LogP contribution in [0.4, 0.5) is 11.4 Å². The summed E-state index contributed by atoms with van der Waals surface area (Å²) in [6.07, 6.45) is 1.43. The van der Waals surface area contributed by atoms with Crippen molar-refractivity contribution in [1.29, 1.82) is 0 Å². The highest BCUT2D eigenvalue weighted by Crippen LogP contribution is 2.27. The van der Waals surface area contributed by atoms with Crippen LogP contribution < -0.4 is 14.9 Å². The van der Waals surface area contributed by atoms with E-state index in [0.29, 0.717) is 49.0 Å². The Hall–Kier alpha value is -4.02. The fourth-order valence-electron chi connectivity index (χ4n) is 4.91. The van der Waals surface area contributed by atoms with Crippen molar-refractivity contribution in [3.8, 4) is 0 Å². The van der Waals surface area contributed by atoms with Gasteiger partial charge in [-0.15, -0.1) is 0 Å². The number of anilines is 2. The standard InChI is InChI=1S/C29H30ClN5O4S/c1-40(38,39)33-24-8-4-5-9-27(24)34-14-16-35(17-15-34)29(37)26(18-20-10-12-22(30)13-11-20)32-28(36)25-19-21-6-2-3-7-23(21)31-25/h2-13,19,26,31,33H,14-18H2,1H3,(H,32,36)/t26-/m1/s1. The van der Waals surface area contributed by atoms with Crippen molar-refractivity contribution >= 4 is 55.7 Å². The van der Waals surface area contributed by atoms with Gasteiger partial charge >= 0.3 is 0 Å². The van der Waals surface area contributed by atoms with Crippen LogP contribution in [0.5, 0.6) is 0 Å². The van der Waals surface area contributed by atoms with Crippen LogP contribution in [0.25, 0.3) is 10.9 Å². The van der Waals surface area contributed by atoms with E-state index in [2.05, 4.69) is 19.9 Å². The first-order chi connectivity index (χ1) is 19.2. The highest BCUT2D eigenvalue weighted by molar-refractivity contribution is 7.92. The monoisotopic (exact) mass is 579 g/mol. The number of para-hydroxylation sites is 3. The van der Waals surface area contributed by atoms with E-state index in [1.54, 1.807) is 35.2 Å². The third-order valence-corrected chi connectivity index (χ3v) is 7.71. The van der Waals surface area contributed by atoms with Crippen molar-refractivity contribution in [1.82, 2.24) is 15.2 Å². The zero-order valence-corrected chi connectivity index (χ0v) is 23.5. The van der Waals surface area contributed by atoms with E-state index in [0.717, 1.165) is 28.4 Å². The van der Waals surface area contributed by atoms with Gasteiger partial charge in [-0.3, -0.25) is 14.3 Å². The molecule has 3 aromatic carbocycles. The predicted octanol–water partition coefficient (Wildman–Crippen LogP) is 3.88. The molecule has 11 heteroatoms. The number of carbonyl (C=O) groups is 2. The van der Waals surface area contributed by atoms with Gasteiger partial charge in [0.1, 0.15) is 11.7 Å². The molecule has 0 saturated carbocycles. The summed E-state index contributed by atoms with van der Waals surface area (Å²) in [5.74, 6) is -0.537. The van der Waals surface area contributed by atoms with E-state index >= 15 is 0 Å². The Morgan fingerprint density at radius 1 is 0.950 bits per heavy atom. The number of aromatic amines is 1. The first kappa shape index (κ1) is 27.5. The average molecular weight is 580 g/mol. The maximum absolute atomic E-state index is 13.8. The number of hydrogen-bond acceptors (Lipinski definition) is 5. The summed E-state index contributed by atoms with van der Waals surface area (Å²) in [5, 5.41) is 4.45. The Morgan fingerprint density at radius 3 is 2.33 bits per heavy atom. The Labute approximate surface area is 238 Å². The molecule has 0 spiro atoms. The molecule has 1 aromatic heterocycles. The van der Waals surface area contributed by atoms with Crippen LogP contribution in [0.2, 0.25) is 5.02 Å². The average Bonchev–Trinajstić information content (AvgIpc) is 3.38. The van der Waals surface area contributed by atoms with Crippen molar-refractivity contribution in [3.63, 3.8) is 0 Å². The van der Waals surface area contributed by atoms with E-state index < -0.39 is 16.1 Å². The van der Waals surface area contributed by atoms with Gasteiger partial charge in [-0.1, -0.05) is 54.1 Å². The van der Waals surface area contributed by atoms with E-state index in [1.165, 1.54) is 0 Å². The summed E-state index contributed by atoms with van der Waals surface area (Å²) in [7, 11) is -3.44. The molecule has 3 N–H and O–H groups in total. The number of hydrogen-bond donors (Lipinski definition) is 3. The van der Waals surface area contributed by atoms with Crippen molar-refractivity contribution in [2.45, 2.75) is 12.5 Å². The van der Waals surface area contributed by atoms with Gasteiger partial charge in [0, 0.05) is 48.5 Å². The quantitative estimate of drug-likeness (QED) is 0.293. The second-order valence-electron chi connectivity index (χ2n) is 9.83. The van der Waals surface area contributed by atoms with Gasteiger partial charge in [0.05, 0.1) is 17.6 Å². The van der Waals surface area contributed by atoms with Crippen molar-refractivity contribution in [2.75, 3.05) is 42.1 Å². The highest BCUT2D eigenvalue weighted by atomic mass is 35.5. The minimum atomic E-state index is -3.44. The molecule has 9 nitrogen and oxygen atoms in total. The number of piperazine rings is 1. The normalized spacial score (nSPS) is 14.7. The molecule has 0 unspecified atom stereocenters. The number of halogens is 1. The number of benzene rings is 3. The van der Waals surface area contributed by atoms with Crippen LogP contribution in [0, 0.1) is 0 Å². The van der Waals surface area contributed by atoms with E-state index in [9.17, 15) is 18.0 Å². The number of fused-ring (bicyclic) bond motifs is 1. The molecule has 208 valence electrons. The maximum atomic E-state index is 13.8. The molecular weight excluding hydrogens is 550 g/mol. The van der Waals surface area contributed by atoms with Crippen LogP contribution in [0.1, 0.15) is 16.1 Å². The van der Waals surface area contributed by atoms with Crippen LogP contribution >= 0.6 is 11.6 Å². The Morgan fingerprint density at radius 2 is 1.62 bits per heavy atom. The molecule has 1 aliphatic rings. The molecule has 1 fully saturated rings. The lowest BCUT2D eigenvalue weighted by molar-refractivity contribution is -0.133. The Bertz CT molecular complexity index is 1600. The van der Waals surface area contributed by atoms with Gasteiger partial charge < -0.3 is 20.1 Å². The molecular formula is C29H30ClN5O4S. The van der Waals surface area contributed by atoms with Gasteiger partial charge in [0.15, 0.2) is 0 Å². The van der Waals surface area contributed by atoms with Crippen LogP contribution in [-0.2, 0) is 21.2 Å². The summed E-state index contributed by atoms with van der Waals surface area (Å²) in [6.45, 7) is 1.87. The molecule has 1 aliphatic heterocycles. The smallest absolute Gasteiger partial charge is 0.268 e. The Balaban J connectivity index is 1.31. The fraction of sp³-hybridized carbons (Fsp3) is 0.241.